The van der Waals surface area contributed by atoms with Crippen molar-refractivity contribution in [2.24, 2.45) is 0 Å². The standard InChI is InChI=1S/C23H21ClN4OS/c24-18-6-7-19-17(14-18)15-20(21-4-3-13-30-21)28(19)16-23(29)27-11-9-26(10-12-27)22-5-1-2-8-25-22/h1-8,13-15H,9-12,16H2. The highest BCUT2D eigenvalue weighted by atomic mass is 35.5. The highest BCUT2D eigenvalue weighted by Gasteiger charge is 2.23. The largest absolute Gasteiger partial charge is 0.353 e. The SMILES string of the molecule is O=C(Cn1c(-c2cccs2)cc2cc(Cl)ccc21)N1CCN(c2ccccn2)CC1. The minimum Gasteiger partial charge on any atom is -0.353 e. The molecule has 0 N–H and O–H groups in total. The number of carbonyl (C=O) groups is 1. The van der Waals surface area contributed by atoms with Crippen molar-refractivity contribution in [1.82, 2.24) is 14.5 Å². The van der Waals surface area contributed by atoms with Crippen LogP contribution in [0.5, 0.6) is 0 Å². The first-order chi connectivity index (χ1) is 14.7. The summed E-state index contributed by atoms with van der Waals surface area (Å²) in [5.74, 6) is 1.11. The lowest BCUT2D eigenvalue weighted by atomic mass is 10.2. The lowest BCUT2D eigenvalue weighted by Crippen LogP contribution is -2.49. The first-order valence-corrected chi connectivity index (χ1v) is 11.2. The van der Waals surface area contributed by atoms with Crippen molar-refractivity contribution in [2.45, 2.75) is 6.54 Å². The van der Waals surface area contributed by atoms with Gasteiger partial charge >= 0.3 is 0 Å². The number of nitrogens with zero attached hydrogens (tertiary/aromatic N) is 4. The molecule has 5 rings (SSSR count). The third kappa shape index (κ3) is 3.68. The van der Waals surface area contributed by atoms with E-state index in [0.29, 0.717) is 24.7 Å². The molecule has 3 aromatic heterocycles. The van der Waals surface area contributed by atoms with Crippen molar-refractivity contribution in [3.63, 3.8) is 0 Å². The molecule has 1 fully saturated rings. The number of aromatic nitrogens is 2. The van der Waals surface area contributed by atoms with Crippen LogP contribution in [0.15, 0.2) is 66.2 Å². The molecule has 0 spiro atoms. The molecule has 7 heteroatoms. The number of halogens is 1. The number of piperazine rings is 1. The van der Waals surface area contributed by atoms with Gasteiger partial charge in [-0.1, -0.05) is 23.7 Å². The van der Waals surface area contributed by atoms with Crippen LogP contribution < -0.4 is 4.90 Å². The number of benzene rings is 1. The van der Waals surface area contributed by atoms with E-state index in [0.717, 1.165) is 40.4 Å². The number of carbonyl (C=O) groups excluding carboxylic acids is 1. The fourth-order valence-electron chi connectivity index (χ4n) is 4.00. The molecule has 1 aliphatic rings. The van der Waals surface area contributed by atoms with E-state index in [1.165, 1.54) is 0 Å². The quantitative estimate of drug-likeness (QED) is 0.463. The number of anilines is 1. The van der Waals surface area contributed by atoms with Gasteiger partial charge in [-0.25, -0.2) is 4.98 Å². The third-order valence-corrected chi connectivity index (χ3v) is 6.66. The first-order valence-electron chi connectivity index (χ1n) is 9.95. The summed E-state index contributed by atoms with van der Waals surface area (Å²) in [6, 6.07) is 18.0. The molecule has 0 radical (unpaired) electrons. The molecule has 5 nitrogen and oxygen atoms in total. The number of hydrogen-bond acceptors (Lipinski definition) is 4. The minimum atomic E-state index is 0.140. The Morgan fingerprint density at radius 2 is 1.90 bits per heavy atom. The van der Waals surface area contributed by atoms with Crippen LogP contribution in [0.1, 0.15) is 0 Å². The zero-order valence-electron chi connectivity index (χ0n) is 16.4. The molecule has 1 aromatic carbocycles. The van der Waals surface area contributed by atoms with Crippen LogP contribution in [0.4, 0.5) is 5.82 Å². The predicted molar refractivity (Wildman–Crippen MR) is 123 cm³/mol. The van der Waals surface area contributed by atoms with E-state index in [2.05, 4.69) is 32.0 Å². The molecule has 4 heterocycles. The summed E-state index contributed by atoms with van der Waals surface area (Å²) in [6.45, 7) is 3.32. The predicted octanol–water partition coefficient (Wildman–Crippen LogP) is 4.77. The molecule has 30 heavy (non-hydrogen) atoms. The fourth-order valence-corrected chi connectivity index (χ4v) is 4.93. The van der Waals surface area contributed by atoms with Crippen LogP contribution in [0.3, 0.4) is 0 Å². The normalized spacial score (nSPS) is 14.4. The maximum absolute atomic E-state index is 13.2. The molecular weight excluding hydrogens is 416 g/mol. The monoisotopic (exact) mass is 436 g/mol. The van der Waals surface area contributed by atoms with Gasteiger partial charge in [0.05, 0.1) is 10.6 Å². The zero-order chi connectivity index (χ0) is 20.5. The Balaban J connectivity index is 1.37. The van der Waals surface area contributed by atoms with Crippen molar-refractivity contribution in [1.29, 1.82) is 0 Å². The molecule has 0 atom stereocenters. The van der Waals surface area contributed by atoms with Crippen LogP contribution in [0.25, 0.3) is 21.5 Å². The van der Waals surface area contributed by atoms with Crippen LogP contribution in [0, 0.1) is 0 Å². The van der Waals surface area contributed by atoms with E-state index in [4.69, 9.17) is 11.6 Å². The van der Waals surface area contributed by atoms with Gasteiger partial charge < -0.3 is 14.4 Å². The first kappa shape index (κ1) is 19.2. The maximum Gasteiger partial charge on any atom is 0.242 e. The molecule has 4 aromatic rings. The summed E-state index contributed by atoms with van der Waals surface area (Å²) >= 11 is 7.88. The number of pyridine rings is 1. The molecule has 0 unspecified atom stereocenters. The highest BCUT2D eigenvalue weighted by Crippen LogP contribution is 2.32. The van der Waals surface area contributed by atoms with Crippen molar-refractivity contribution in [3.05, 3.63) is 71.2 Å². The molecule has 0 bridgehead atoms. The van der Waals surface area contributed by atoms with Gasteiger partial charge in [0.15, 0.2) is 0 Å². The van der Waals surface area contributed by atoms with Crippen LogP contribution in [-0.2, 0) is 11.3 Å². The molecular formula is C23H21ClN4OS. The van der Waals surface area contributed by atoms with Crippen molar-refractivity contribution in [2.75, 3.05) is 31.1 Å². The molecule has 152 valence electrons. The number of rotatable bonds is 4. The number of hydrogen-bond donors (Lipinski definition) is 0. The van der Waals surface area contributed by atoms with Gasteiger partial charge in [-0.05, 0) is 47.8 Å². The van der Waals surface area contributed by atoms with Gasteiger partial charge in [0.25, 0.3) is 0 Å². The average molecular weight is 437 g/mol. The van der Waals surface area contributed by atoms with Crippen LogP contribution in [-0.4, -0.2) is 46.5 Å². The summed E-state index contributed by atoms with van der Waals surface area (Å²) in [5, 5.41) is 3.82. The molecule has 1 amide bonds. The second kappa shape index (κ2) is 8.13. The van der Waals surface area contributed by atoms with E-state index in [1.807, 2.05) is 53.6 Å². The number of thiophene rings is 1. The Morgan fingerprint density at radius 3 is 2.63 bits per heavy atom. The van der Waals surface area contributed by atoms with E-state index >= 15 is 0 Å². The third-order valence-electron chi connectivity index (χ3n) is 5.54. The van der Waals surface area contributed by atoms with Gasteiger partial charge in [-0.3, -0.25) is 4.79 Å². The second-order valence-electron chi connectivity index (χ2n) is 7.35. The summed E-state index contributed by atoms with van der Waals surface area (Å²) in [7, 11) is 0. The van der Waals surface area contributed by atoms with Crippen LogP contribution in [0.2, 0.25) is 5.02 Å². The zero-order valence-corrected chi connectivity index (χ0v) is 17.9. The van der Waals surface area contributed by atoms with E-state index in [9.17, 15) is 4.79 Å². The topological polar surface area (TPSA) is 41.4 Å². The molecule has 0 saturated carbocycles. The maximum atomic E-state index is 13.2. The molecule has 1 saturated heterocycles. The molecule has 1 aliphatic heterocycles. The second-order valence-corrected chi connectivity index (χ2v) is 8.74. The number of fused-ring (bicyclic) bond motifs is 1. The molecule has 0 aliphatic carbocycles. The lowest BCUT2D eigenvalue weighted by Gasteiger charge is -2.35. The van der Waals surface area contributed by atoms with E-state index < -0.39 is 0 Å². The van der Waals surface area contributed by atoms with Crippen molar-refractivity contribution < 1.29 is 4.79 Å². The highest BCUT2D eigenvalue weighted by molar-refractivity contribution is 7.13. The summed E-state index contributed by atoms with van der Waals surface area (Å²) in [6.07, 6.45) is 1.81. The Kier molecular flexibility index (Phi) is 5.19. The smallest absolute Gasteiger partial charge is 0.242 e. The Labute approximate surface area is 184 Å². The Morgan fingerprint density at radius 1 is 1.03 bits per heavy atom. The van der Waals surface area contributed by atoms with Crippen LogP contribution >= 0.6 is 22.9 Å². The van der Waals surface area contributed by atoms with Crippen molar-refractivity contribution in [3.8, 4) is 10.6 Å². The Hall–Kier alpha value is -2.83. The Bertz CT molecular complexity index is 1160. The van der Waals surface area contributed by atoms with Gasteiger partial charge in [0, 0.05) is 48.3 Å². The van der Waals surface area contributed by atoms with E-state index in [1.54, 1.807) is 11.3 Å². The van der Waals surface area contributed by atoms with E-state index in [-0.39, 0.29) is 5.91 Å². The minimum absolute atomic E-state index is 0.140. The summed E-state index contributed by atoms with van der Waals surface area (Å²) in [5.41, 5.74) is 2.09. The number of amides is 1. The fraction of sp³-hybridized carbons (Fsp3) is 0.217. The van der Waals surface area contributed by atoms with Gasteiger partial charge in [0.1, 0.15) is 12.4 Å². The average Bonchev–Trinajstić information content (AvgIpc) is 3.42. The summed E-state index contributed by atoms with van der Waals surface area (Å²) in [4.78, 5) is 22.9. The van der Waals surface area contributed by atoms with Gasteiger partial charge in [0.2, 0.25) is 5.91 Å². The van der Waals surface area contributed by atoms with Gasteiger partial charge in [-0.2, -0.15) is 0 Å². The lowest BCUT2D eigenvalue weighted by molar-refractivity contribution is -0.132. The van der Waals surface area contributed by atoms with Gasteiger partial charge in [-0.15, -0.1) is 11.3 Å². The van der Waals surface area contributed by atoms with Crippen molar-refractivity contribution >= 4 is 45.6 Å². The summed E-state index contributed by atoms with van der Waals surface area (Å²) < 4.78 is 2.12.